The second kappa shape index (κ2) is 6.05. The lowest BCUT2D eigenvalue weighted by atomic mass is 10.3. The summed E-state index contributed by atoms with van der Waals surface area (Å²) in [6.07, 6.45) is 4.60. The molecule has 0 aliphatic heterocycles. The molecule has 0 aromatic heterocycles. The molecule has 0 aromatic rings. The van der Waals surface area contributed by atoms with E-state index >= 15 is 0 Å². The lowest BCUT2D eigenvalue weighted by Crippen LogP contribution is -1.94. The van der Waals surface area contributed by atoms with Crippen molar-refractivity contribution in [2.24, 2.45) is 0 Å². The minimum absolute atomic E-state index is 0.0463. The molecular formula is C7H16O2. The van der Waals surface area contributed by atoms with Gasteiger partial charge in [-0.25, -0.2) is 0 Å². The third-order valence-corrected chi connectivity index (χ3v) is 1.32. The summed E-state index contributed by atoms with van der Waals surface area (Å²) in [6, 6.07) is 0. The van der Waals surface area contributed by atoms with Gasteiger partial charge in [-0.1, -0.05) is 12.8 Å². The second-order valence-corrected chi connectivity index (χ2v) is 2.25. The number of hydrogen-bond acceptors (Lipinski definition) is 2. The molecule has 56 valence electrons. The molecule has 2 nitrogen and oxygen atoms in total. The zero-order valence-corrected chi connectivity index (χ0v) is 6.01. The maximum atomic E-state index is 8.73. The fourth-order valence-electron chi connectivity index (χ4n) is 0.904. The van der Waals surface area contributed by atoms with Crippen LogP contribution in [0.2, 0.25) is 0 Å². The summed E-state index contributed by atoms with van der Waals surface area (Å²) in [5.41, 5.74) is 0. The Labute approximate surface area is 56.5 Å². The third-order valence-electron chi connectivity index (χ3n) is 1.32. The predicted molar refractivity (Wildman–Crippen MR) is 37.2 cm³/mol. The van der Waals surface area contributed by atoms with Crippen molar-refractivity contribution in [3.05, 3.63) is 0 Å². The monoisotopic (exact) mass is 132 g/mol. The standard InChI is InChI=1S/C5H10O.C2H6O/c6-5-3-1-2-4-5;1-2-3/h5-6H,1-4H2;3H,2H2,1H3. The molecule has 0 atom stereocenters. The fourth-order valence-corrected chi connectivity index (χ4v) is 0.904. The first-order chi connectivity index (χ1) is 4.31. The molecule has 1 rings (SSSR count). The molecule has 1 saturated carbocycles. The van der Waals surface area contributed by atoms with Crippen LogP contribution in [0.25, 0.3) is 0 Å². The van der Waals surface area contributed by atoms with Gasteiger partial charge in [0.1, 0.15) is 0 Å². The summed E-state index contributed by atoms with van der Waals surface area (Å²) in [5, 5.41) is 16.3. The van der Waals surface area contributed by atoms with Crippen molar-refractivity contribution >= 4 is 0 Å². The van der Waals surface area contributed by atoms with Crippen LogP contribution in [0.4, 0.5) is 0 Å². The zero-order valence-electron chi connectivity index (χ0n) is 6.01. The van der Waals surface area contributed by atoms with E-state index in [1.165, 1.54) is 12.8 Å². The molecule has 0 saturated heterocycles. The second-order valence-electron chi connectivity index (χ2n) is 2.25. The lowest BCUT2D eigenvalue weighted by molar-refractivity contribution is 0.183. The van der Waals surface area contributed by atoms with Crippen molar-refractivity contribution in [1.82, 2.24) is 0 Å². The Bertz CT molecular complexity index is 48.9. The summed E-state index contributed by atoms with van der Waals surface area (Å²) in [6.45, 7) is 1.93. The highest BCUT2D eigenvalue weighted by Gasteiger charge is 2.09. The molecule has 9 heavy (non-hydrogen) atoms. The molecular weight excluding hydrogens is 116 g/mol. The molecule has 2 N–H and O–H groups in total. The van der Waals surface area contributed by atoms with Crippen LogP contribution in [0.1, 0.15) is 32.6 Å². The SMILES string of the molecule is CCO.OC1CCCC1. The summed E-state index contributed by atoms with van der Waals surface area (Å²) < 4.78 is 0. The molecule has 0 amide bonds. The molecule has 2 heteroatoms. The Balaban J connectivity index is 0.000000187. The van der Waals surface area contributed by atoms with Crippen molar-refractivity contribution in [3.63, 3.8) is 0 Å². The molecule has 0 radical (unpaired) electrons. The van der Waals surface area contributed by atoms with E-state index in [0.717, 1.165) is 12.8 Å². The quantitative estimate of drug-likeness (QED) is 0.514. The van der Waals surface area contributed by atoms with Gasteiger partial charge in [-0.3, -0.25) is 0 Å². The molecule has 1 fully saturated rings. The van der Waals surface area contributed by atoms with Gasteiger partial charge in [-0.05, 0) is 19.8 Å². The maximum absolute atomic E-state index is 8.73. The highest BCUT2D eigenvalue weighted by molar-refractivity contribution is 4.63. The highest BCUT2D eigenvalue weighted by Crippen LogP contribution is 2.16. The first kappa shape index (κ1) is 8.92. The van der Waals surface area contributed by atoms with Crippen molar-refractivity contribution in [3.8, 4) is 0 Å². The number of aliphatic hydroxyl groups excluding tert-OH is 2. The van der Waals surface area contributed by atoms with Gasteiger partial charge in [-0.15, -0.1) is 0 Å². The van der Waals surface area contributed by atoms with E-state index in [-0.39, 0.29) is 12.7 Å². The van der Waals surface area contributed by atoms with Gasteiger partial charge in [0.2, 0.25) is 0 Å². The van der Waals surface area contributed by atoms with Gasteiger partial charge in [0.25, 0.3) is 0 Å². The summed E-state index contributed by atoms with van der Waals surface area (Å²) >= 11 is 0. The van der Waals surface area contributed by atoms with Crippen LogP contribution in [-0.4, -0.2) is 22.9 Å². The molecule has 1 aliphatic rings. The van der Waals surface area contributed by atoms with Crippen LogP contribution in [-0.2, 0) is 0 Å². The van der Waals surface area contributed by atoms with Crippen LogP contribution >= 0.6 is 0 Å². The number of aliphatic hydroxyl groups is 2. The van der Waals surface area contributed by atoms with Crippen molar-refractivity contribution < 1.29 is 10.2 Å². The normalized spacial score (nSPS) is 19.0. The third kappa shape index (κ3) is 5.80. The Morgan fingerprint density at radius 1 is 1.33 bits per heavy atom. The smallest absolute Gasteiger partial charge is 0.0540 e. The lowest BCUT2D eigenvalue weighted by Gasteiger charge is -1.91. The van der Waals surface area contributed by atoms with Gasteiger partial charge in [0.15, 0.2) is 0 Å². The van der Waals surface area contributed by atoms with Gasteiger partial charge < -0.3 is 10.2 Å². The van der Waals surface area contributed by atoms with Crippen LogP contribution < -0.4 is 0 Å². The maximum Gasteiger partial charge on any atom is 0.0540 e. The molecule has 0 aromatic carbocycles. The van der Waals surface area contributed by atoms with Gasteiger partial charge >= 0.3 is 0 Å². The average molecular weight is 132 g/mol. The predicted octanol–water partition coefficient (Wildman–Crippen LogP) is 0.920. The van der Waals surface area contributed by atoms with Gasteiger partial charge in [-0.2, -0.15) is 0 Å². The Morgan fingerprint density at radius 2 is 1.67 bits per heavy atom. The van der Waals surface area contributed by atoms with Crippen molar-refractivity contribution in [2.75, 3.05) is 6.61 Å². The van der Waals surface area contributed by atoms with E-state index in [1.807, 2.05) is 0 Å². The molecule has 1 aliphatic carbocycles. The molecule has 0 heterocycles. The average Bonchev–Trinajstić information content (AvgIpc) is 2.20. The van der Waals surface area contributed by atoms with Crippen LogP contribution in [0.5, 0.6) is 0 Å². The molecule has 0 spiro atoms. The summed E-state index contributed by atoms with van der Waals surface area (Å²) in [7, 11) is 0. The minimum atomic E-state index is 0.0463. The van der Waals surface area contributed by atoms with E-state index in [1.54, 1.807) is 6.92 Å². The van der Waals surface area contributed by atoms with E-state index in [0.29, 0.717) is 0 Å². The first-order valence-corrected chi connectivity index (χ1v) is 3.60. The Kier molecular flexibility index (Phi) is 5.99. The first-order valence-electron chi connectivity index (χ1n) is 3.60. The number of hydrogen-bond donors (Lipinski definition) is 2. The van der Waals surface area contributed by atoms with Crippen molar-refractivity contribution in [2.45, 2.75) is 38.7 Å². The van der Waals surface area contributed by atoms with E-state index < -0.39 is 0 Å². The van der Waals surface area contributed by atoms with Gasteiger partial charge in [0, 0.05) is 6.61 Å². The van der Waals surface area contributed by atoms with E-state index in [2.05, 4.69) is 0 Å². The topological polar surface area (TPSA) is 40.5 Å². The largest absolute Gasteiger partial charge is 0.397 e. The van der Waals surface area contributed by atoms with Gasteiger partial charge in [0.05, 0.1) is 6.10 Å². The Hall–Kier alpha value is -0.0800. The summed E-state index contributed by atoms with van der Waals surface area (Å²) in [5.74, 6) is 0. The van der Waals surface area contributed by atoms with E-state index in [9.17, 15) is 0 Å². The highest BCUT2D eigenvalue weighted by atomic mass is 16.3. The van der Waals surface area contributed by atoms with Crippen LogP contribution in [0.15, 0.2) is 0 Å². The van der Waals surface area contributed by atoms with Crippen LogP contribution in [0, 0.1) is 0 Å². The van der Waals surface area contributed by atoms with Crippen molar-refractivity contribution in [1.29, 1.82) is 0 Å². The molecule has 0 bridgehead atoms. The summed E-state index contributed by atoms with van der Waals surface area (Å²) in [4.78, 5) is 0. The Morgan fingerprint density at radius 3 is 1.78 bits per heavy atom. The molecule has 0 unspecified atom stereocenters. The minimum Gasteiger partial charge on any atom is -0.397 e. The zero-order chi connectivity index (χ0) is 7.11. The van der Waals surface area contributed by atoms with E-state index in [4.69, 9.17) is 10.2 Å². The van der Waals surface area contributed by atoms with Crippen LogP contribution in [0.3, 0.4) is 0 Å². The number of rotatable bonds is 0. The fraction of sp³-hybridized carbons (Fsp3) is 1.00.